The van der Waals surface area contributed by atoms with E-state index in [9.17, 15) is 0 Å². The number of hydrogen-bond acceptors (Lipinski definition) is 4. The molecular formula is C10H8IN3O. The van der Waals surface area contributed by atoms with Crippen LogP contribution in [0.1, 0.15) is 0 Å². The second-order valence-electron chi connectivity index (χ2n) is 2.82. The van der Waals surface area contributed by atoms with Crippen LogP contribution in [0.2, 0.25) is 0 Å². The molecule has 2 rings (SSSR count). The molecule has 0 aliphatic heterocycles. The summed E-state index contributed by atoms with van der Waals surface area (Å²) in [5, 5.41) is 0. The summed E-state index contributed by atoms with van der Waals surface area (Å²) >= 11 is 2.13. The molecule has 15 heavy (non-hydrogen) atoms. The maximum absolute atomic E-state index is 5.72. The van der Waals surface area contributed by atoms with E-state index >= 15 is 0 Å². The Morgan fingerprint density at radius 3 is 2.47 bits per heavy atom. The molecule has 0 fully saturated rings. The molecule has 0 spiro atoms. The van der Waals surface area contributed by atoms with Crippen LogP contribution in [0.25, 0.3) is 0 Å². The molecule has 1 aromatic carbocycles. The average molecular weight is 313 g/mol. The number of aromatic nitrogens is 2. The first-order valence-electron chi connectivity index (χ1n) is 4.25. The van der Waals surface area contributed by atoms with Crippen molar-refractivity contribution in [1.29, 1.82) is 0 Å². The van der Waals surface area contributed by atoms with Crippen LogP contribution >= 0.6 is 22.6 Å². The Morgan fingerprint density at radius 2 is 1.80 bits per heavy atom. The zero-order chi connectivity index (χ0) is 10.7. The number of ether oxygens (including phenoxy) is 1. The summed E-state index contributed by atoms with van der Waals surface area (Å²) in [6, 6.07) is 7.53. The van der Waals surface area contributed by atoms with Crippen LogP contribution in [0.4, 0.5) is 5.69 Å². The first-order valence-corrected chi connectivity index (χ1v) is 5.33. The molecule has 2 N–H and O–H groups in total. The molecular weight excluding hydrogens is 305 g/mol. The predicted molar refractivity (Wildman–Crippen MR) is 65.7 cm³/mol. The minimum atomic E-state index is 0.299. The first kappa shape index (κ1) is 10.2. The summed E-state index contributed by atoms with van der Waals surface area (Å²) in [4.78, 5) is 8.04. The molecule has 0 aliphatic rings. The van der Waals surface area contributed by atoms with Gasteiger partial charge in [-0.05, 0) is 34.7 Å². The fourth-order valence-corrected chi connectivity index (χ4v) is 1.30. The molecule has 0 aliphatic carbocycles. The lowest BCUT2D eigenvalue weighted by atomic mass is 10.3. The Labute approximate surface area is 101 Å². The number of nitrogens with zero attached hydrogens (tertiary/aromatic N) is 2. The number of nitrogens with two attached hydrogens (primary N) is 1. The maximum atomic E-state index is 5.72. The number of hydrogen-bond donors (Lipinski definition) is 1. The van der Waals surface area contributed by atoms with Gasteiger partial charge in [-0.2, -0.15) is 0 Å². The summed E-state index contributed by atoms with van der Waals surface area (Å²) in [5.41, 5.74) is 6.29. The standard InChI is InChI=1S/C10H8IN3O/c11-7-5-13-10(14-6-7)15-9-4-2-1-3-8(9)12/h1-6H,12H2. The third-order valence-electron chi connectivity index (χ3n) is 1.72. The number of benzene rings is 1. The van der Waals surface area contributed by atoms with Gasteiger partial charge in [0, 0.05) is 16.0 Å². The van der Waals surface area contributed by atoms with Crippen LogP contribution in [-0.4, -0.2) is 9.97 Å². The molecule has 5 heteroatoms. The Balaban J connectivity index is 2.22. The largest absolute Gasteiger partial charge is 0.422 e. The summed E-state index contributed by atoms with van der Waals surface area (Å²) < 4.78 is 6.37. The zero-order valence-corrected chi connectivity index (χ0v) is 9.88. The van der Waals surface area contributed by atoms with Crippen LogP contribution < -0.4 is 10.5 Å². The summed E-state index contributed by atoms with van der Waals surface area (Å²) in [5.74, 6) is 0.568. The Bertz CT molecular complexity index is 458. The van der Waals surface area contributed by atoms with Gasteiger partial charge in [-0.25, -0.2) is 9.97 Å². The number of halogens is 1. The Kier molecular flexibility index (Phi) is 3.00. The van der Waals surface area contributed by atoms with E-state index in [0.29, 0.717) is 17.4 Å². The van der Waals surface area contributed by atoms with Crippen LogP contribution in [-0.2, 0) is 0 Å². The van der Waals surface area contributed by atoms with Gasteiger partial charge in [0.15, 0.2) is 5.75 Å². The van der Waals surface area contributed by atoms with Crippen molar-refractivity contribution in [3.8, 4) is 11.8 Å². The van der Waals surface area contributed by atoms with Crippen LogP contribution in [0.15, 0.2) is 36.7 Å². The molecule has 0 unspecified atom stereocenters. The minimum absolute atomic E-state index is 0.299. The van der Waals surface area contributed by atoms with Crippen molar-refractivity contribution in [1.82, 2.24) is 9.97 Å². The van der Waals surface area contributed by atoms with Gasteiger partial charge in [0.25, 0.3) is 0 Å². The third-order valence-corrected chi connectivity index (χ3v) is 2.27. The van der Waals surface area contributed by atoms with E-state index in [0.717, 1.165) is 3.57 Å². The highest BCUT2D eigenvalue weighted by Gasteiger charge is 2.02. The molecule has 0 saturated heterocycles. The van der Waals surface area contributed by atoms with Crippen molar-refractivity contribution in [3.63, 3.8) is 0 Å². The van der Waals surface area contributed by atoms with Gasteiger partial charge >= 0.3 is 6.01 Å². The second-order valence-corrected chi connectivity index (χ2v) is 4.07. The summed E-state index contributed by atoms with van der Waals surface area (Å²) in [6.07, 6.45) is 3.37. The summed E-state index contributed by atoms with van der Waals surface area (Å²) in [7, 11) is 0. The number of nitrogen functional groups attached to an aromatic ring is 1. The van der Waals surface area contributed by atoms with E-state index in [2.05, 4.69) is 32.6 Å². The molecule has 0 atom stereocenters. The highest BCUT2D eigenvalue weighted by atomic mass is 127. The first-order chi connectivity index (χ1) is 7.25. The van der Waals surface area contributed by atoms with Crippen LogP contribution in [0, 0.1) is 3.57 Å². The maximum Gasteiger partial charge on any atom is 0.322 e. The van der Waals surface area contributed by atoms with Crippen LogP contribution in [0.5, 0.6) is 11.8 Å². The highest BCUT2D eigenvalue weighted by Crippen LogP contribution is 2.24. The van der Waals surface area contributed by atoms with Crippen molar-refractivity contribution in [3.05, 3.63) is 40.2 Å². The SMILES string of the molecule is Nc1ccccc1Oc1ncc(I)cn1. The monoisotopic (exact) mass is 313 g/mol. The van der Waals surface area contributed by atoms with Crippen molar-refractivity contribution >= 4 is 28.3 Å². The number of para-hydroxylation sites is 2. The molecule has 0 amide bonds. The lowest BCUT2D eigenvalue weighted by molar-refractivity contribution is 0.443. The van der Waals surface area contributed by atoms with E-state index in [1.165, 1.54) is 0 Å². The van der Waals surface area contributed by atoms with Crippen molar-refractivity contribution in [2.75, 3.05) is 5.73 Å². The molecule has 0 bridgehead atoms. The minimum Gasteiger partial charge on any atom is -0.422 e. The Hall–Kier alpha value is -1.37. The fraction of sp³-hybridized carbons (Fsp3) is 0. The fourth-order valence-electron chi connectivity index (χ4n) is 1.02. The van der Waals surface area contributed by atoms with E-state index in [4.69, 9.17) is 10.5 Å². The smallest absolute Gasteiger partial charge is 0.322 e. The predicted octanol–water partition coefficient (Wildman–Crippen LogP) is 2.46. The molecule has 0 saturated carbocycles. The van der Waals surface area contributed by atoms with Gasteiger partial charge < -0.3 is 10.5 Å². The molecule has 0 radical (unpaired) electrons. The average Bonchev–Trinajstić information content (AvgIpc) is 2.25. The van der Waals surface area contributed by atoms with Crippen LogP contribution in [0.3, 0.4) is 0 Å². The van der Waals surface area contributed by atoms with Crippen molar-refractivity contribution in [2.24, 2.45) is 0 Å². The topological polar surface area (TPSA) is 61.0 Å². The van der Waals surface area contributed by atoms with Gasteiger partial charge in [0.1, 0.15) is 0 Å². The molecule has 76 valence electrons. The lowest BCUT2D eigenvalue weighted by Gasteiger charge is -2.05. The molecule has 2 aromatic rings. The van der Waals surface area contributed by atoms with Gasteiger partial charge in [-0.3, -0.25) is 0 Å². The van der Waals surface area contributed by atoms with E-state index in [1.807, 2.05) is 12.1 Å². The van der Waals surface area contributed by atoms with E-state index in [1.54, 1.807) is 24.5 Å². The lowest BCUT2D eigenvalue weighted by Crippen LogP contribution is -1.95. The molecule has 4 nitrogen and oxygen atoms in total. The van der Waals surface area contributed by atoms with E-state index in [-0.39, 0.29) is 0 Å². The highest BCUT2D eigenvalue weighted by molar-refractivity contribution is 14.1. The molecule has 1 heterocycles. The quantitative estimate of drug-likeness (QED) is 0.683. The van der Waals surface area contributed by atoms with Crippen molar-refractivity contribution < 1.29 is 4.74 Å². The normalized spacial score (nSPS) is 9.93. The van der Waals surface area contributed by atoms with Gasteiger partial charge in [-0.1, -0.05) is 12.1 Å². The second kappa shape index (κ2) is 4.43. The van der Waals surface area contributed by atoms with Crippen molar-refractivity contribution in [2.45, 2.75) is 0 Å². The molecule has 1 aromatic heterocycles. The van der Waals surface area contributed by atoms with Gasteiger partial charge in [0.2, 0.25) is 0 Å². The van der Waals surface area contributed by atoms with Gasteiger partial charge in [0.05, 0.1) is 5.69 Å². The van der Waals surface area contributed by atoms with E-state index < -0.39 is 0 Å². The zero-order valence-electron chi connectivity index (χ0n) is 7.72. The third kappa shape index (κ3) is 2.56. The summed E-state index contributed by atoms with van der Waals surface area (Å²) in [6.45, 7) is 0. The number of rotatable bonds is 2. The number of anilines is 1. The van der Waals surface area contributed by atoms with Gasteiger partial charge in [-0.15, -0.1) is 0 Å². The Morgan fingerprint density at radius 1 is 1.13 bits per heavy atom.